The van der Waals surface area contributed by atoms with Crippen LogP contribution in [-0.2, 0) is 0 Å². The molecule has 0 radical (unpaired) electrons. The maximum Gasteiger partial charge on any atom is 0.349 e. The molecule has 0 spiro atoms. The Labute approximate surface area is 166 Å². The predicted molar refractivity (Wildman–Crippen MR) is 105 cm³/mol. The van der Waals surface area contributed by atoms with E-state index in [2.05, 4.69) is 0 Å². The Bertz CT molecular complexity index is 1140. The number of rotatable bonds is 2. The van der Waals surface area contributed by atoms with Gasteiger partial charge in [-0.05, 0) is 30.7 Å². The van der Waals surface area contributed by atoms with E-state index in [1.54, 1.807) is 30.3 Å². The van der Waals surface area contributed by atoms with Crippen molar-refractivity contribution in [1.29, 1.82) is 0 Å². The summed E-state index contributed by atoms with van der Waals surface area (Å²) in [4.78, 5) is 40.9. The van der Waals surface area contributed by atoms with Crippen molar-refractivity contribution in [3.63, 3.8) is 0 Å². The molecule has 0 unspecified atom stereocenters. The van der Waals surface area contributed by atoms with Gasteiger partial charge in [-0.1, -0.05) is 30.3 Å². The van der Waals surface area contributed by atoms with Crippen molar-refractivity contribution < 1.29 is 18.4 Å². The highest BCUT2D eigenvalue weighted by atomic mass is 19.1. The first kappa shape index (κ1) is 18.9. The number of hydrogen-bond acceptors (Lipinski definition) is 4. The molecule has 29 heavy (non-hydrogen) atoms. The Morgan fingerprint density at radius 3 is 2.17 bits per heavy atom. The monoisotopic (exact) mass is 394 g/mol. The number of hydrogen-bond donors (Lipinski definition) is 0. The maximum atomic E-state index is 13.9. The Balaban J connectivity index is 1.52. The zero-order valence-corrected chi connectivity index (χ0v) is 15.6. The molecule has 4 rings (SSSR count). The van der Waals surface area contributed by atoms with Gasteiger partial charge in [0.15, 0.2) is 0 Å². The number of benzene rings is 2. The van der Waals surface area contributed by atoms with Crippen LogP contribution < -0.4 is 5.63 Å². The molecule has 1 aromatic heterocycles. The number of fused-ring (bicyclic) bond motifs is 1. The minimum absolute atomic E-state index is 0.0162. The molecule has 1 fully saturated rings. The van der Waals surface area contributed by atoms with E-state index in [1.165, 1.54) is 34.1 Å². The molecule has 1 aliphatic rings. The second-order valence-corrected chi connectivity index (χ2v) is 6.90. The minimum Gasteiger partial charge on any atom is -0.422 e. The summed E-state index contributed by atoms with van der Waals surface area (Å²) in [6, 6.07) is 14.4. The van der Waals surface area contributed by atoms with E-state index in [-0.39, 0.29) is 24.2 Å². The largest absolute Gasteiger partial charge is 0.422 e. The second kappa shape index (κ2) is 7.87. The first-order valence-electron chi connectivity index (χ1n) is 9.40. The molecule has 148 valence electrons. The third-order valence-corrected chi connectivity index (χ3v) is 5.05. The van der Waals surface area contributed by atoms with Crippen LogP contribution >= 0.6 is 0 Å². The van der Waals surface area contributed by atoms with Crippen molar-refractivity contribution in [2.75, 3.05) is 26.2 Å². The summed E-state index contributed by atoms with van der Waals surface area (Å²) in [5.74, 6) is -1.39. The standard InChI is InChI=1S/C22H19FN2O4/c23-18-8-3-2-7-16(18)20(26)24-10-5-11-25(13-12-24)21(27)17-14-15-6-1-4-9-19(15)29-22(17)28/h1-4,6-9,14H,5,10-13H2. The molecule has 0 aliphatic carbocycles. The summed E-state index contributed by atoms with van der Waals surface area (Å²) in [5.41, 5.74) is -0.274. The van der Waals surface area contributed by atoms with Gasteiger partial charge in [-0.25, -0.2) is 9.18 Å². The fourth-order valence-electron chi connectivity index (χ4n) is 3.51. The van der Waals surface area contributed by atoms with Gasteiger partial charge >= 0.3 is 5.63 Å². The molecule has 7 heteroatoms. The lowest BCUT2D eigenvalue weighted by Gasteiger charge is -2.22. The summed E-state index contributed by atoms with van der Waals surface area (Å²) in [6.07, 6.45) is 0.533. The molecule has 0 saturated carbocycles. The molecule has 0 bridgehead atoms. The fourth-order valence-corrected chi connectivity index (χ4v) is 3.51. The zero-order chi connectivity index (χ0) is 20.4. The smallest absolute Gasteiger partial charge is 0.349 e. The molecule has 0 atom stereocenters. The first-order valence-corrected chi connectivity index (χ1v) is 9.40. The molecular weight excluding hydrogens is 375 g/mol. The molecule has 6 nitrogen and oxygen atoms in total. The SMILES string of the molecule is O=C(c1ccccc1F)N1CCCN(C(=O)c2cc3ccccc3oc2=O)CC1. The predicted octanol–water partition coefficient (Wildman–Crippen LogP) is 2.92. The number of carbonyl (C=O) groups is 2. The Morgan fingerprint density at radius 2 is 1.45 bits per heavy atom. The molecule has 3 aromatic rings. The van der Waals surface area contributed by atoms with Crippen molar-refractivity contribution in [1.82, 2.24) is 9.80 Å². The third-order valence-electron chi connectivity index (χ3n) is 5.05. The maximum absolute atomic E-state index is 13.9. The van der Waals surface area contributed by atoms with Gasteiger partial charge in [0, 0.05) is 31.6 Å². The van der Waals surface area contributed by atoms with Crippen LogP contribution in [0.15, 0.2) is 63.8 Å². The van der Waals surface area contributed by atoms with Crippen molar-refractivity contribution in [3.8, 4) is 0 Å². The molecule has 2 heterocycles. The van der Waals surface area contributed by atoms with Crippen LogP contribution in [0.25, 0.3) is 11.0 Å². The van der Waals surface area contributed by atoms with E-state index in [4.69, 9.17) is 4.42 Å². The van der Waals surface area contributed by atoms with Crippen LogP contribution in [0.1, 0.15) is 27.1 Å². The highest BCUT2D eigenvalue weighted by molar-refractivity contribution is 5.97. The average molecular weight is 394 g/mol. The van der Waals surface area contributed by atoms with Gasteiger partial charge in [0.25, 0.3) is 11.8 Å². The minimum atomic E-state index is -0.683. The van der Waals surface area contributed by atoms with Crippen LogP contribution in [0.2, 0.25) is 0 Å². The van der Waals surface area contributed by atoms with Gasteiger partial charge in [0.1, 0.15) is 17.0 Å². The molecule has 2 aromatic carbocycles. The molecule has 1 aliphatic heterocycles. The zero-order valence-electron chi connectivity index (χ0n) is 15.6. The van der Waals surface area contributed by atoms with Crippen molar-refractivity contribution in [2.45, 2.75) is 6.42 Å². The van der Waals surface area contributed by atoms with Gasteiger partial charge in [-0.3, -0.25) is 9.59 Å². The summed E-state index contributed by atoms with van der Waals surface area (Å²) >= 11 is 0. The van der Waals surface area contributed by atoms with Crippen LogP contribution in [0, 0.1) is 5.82 Å². The van der Waals surface area contributed by atoms with Crippen molar-refractivity contribution >= 4 is 22.8 Å². The molecule has 1 saturated heterocycles. The normalized spacial score (nSPS) is 14.7. The summed E-state index contributed by atoms with van der Waals surface area (Å²) in [7, 11) is 0. The van der Waals surface area contributed by atoms with Crippen LogP contribution in [-0.4, -0.2) is 47.8 Å². The number of amides is 2. The van der Waals surface area contributed by atoms with E-state index in [0.717, 1.165) is 0 Å². The van der Waals surface area contributed by atoms with Crippen molar-refractivity contribution in [3.05, 3.63) is 82.0 Å². The molecular formula is C22H19FN2O4. The van der Waals surface area contributed by atoms with E-state index in [1.807, 2.05) is 0 Å². The number of para-hydroxylation sites is 1. The third kappa shape index (κ3) is 3.76. The van der Waals surface area contributed by atoms with Crippen LogP contribution in [0.5, 0.6) is 0 Å². The number of nitrogens with zero attached hydrogens (tertiary/aromatic N) is 2. The lowest BCUT2D eigenvalue weighted by atomic mass is 10.1. The highest BCUT2D eigenvalue weighted by Gasteiger charge is 2.26. The lowest BCUT2D eigenvalue weighted by molar-refractivity contribution is 0.0714. The summed E-state index contributed by atoms with van der Waals surface area (Å²) in [6.45, 7) is 1.32. The Hall–Kier alpha value is -3.48. The number of carbonyl (C=O) groups excluding carboxylic acids is 2. The Kier molecular flexibility index (Phi) is 5.12. The van der Waals surface area contributed by atoms with E-state index in [0.29, 0.717) is 30.5 Å². The van der Waals surface area contributed by atoms with Gasteiger partial charge < -0.3 is 14.2 Å². The van der Waals surface area contributed by atoms with Crippen LogP contribution in [0.4, 0.5) is 4.39 Å². The fraction of sp³-hybridized carbons (Fsp3) is 0.227. The van der Waals surface area contributed by atoms with Gasteiger partial charge in [-0.15, -0.1) is 0 Å². The van der Waals surface area contributed by atoms with Gasteiger partial charge in [0.2, 0.25) is 0 Å². The van der Waals surface area contributed by atoms with Crippen molar-refractivity contribution in [2.24, 2.45) is 0 Å². The quantitative estimate of drug-likeness (QED) is 0.627. The Morgan fingerprint density at radius 1 is 0.828 bits per heavy atom. The molecule has 0 N–H and O–H groups in total. The van der Waals surface area contributed by atoms with Gasteiger partial charge in [0.05, 0.1) is 5.56 Å². The van der Waals surface area contributed by atoms with Crippen LogP contribution in [0.3, 0.4) is 0 Å². The van der Waals surface area contributed by atoms with Gasteiger partial charge in [-0.2, -0.15) is 0 Å². The summed E-state index contributed by atoms with van der Waals surface area (Å²) in [5, 5.41) is 0.668. The first-order chi connectivity index (χ1) is 14.0. The summed E-state index contributed by atoms with van der Waals surface area (Å²) < 4.78 is 19.2. The second-order valence-electron chi connectivity index (χ2n) is 6.90. The average Bonchev–Trinajstić information content (AvgIpc) is 2.99. The molecule has 2 amide bonds. The number of halogens is 1. The van der Waals surface area contributed by atoms with E-state index < -0.39 is 23.3 Å². The lowest BCUT2D eigenvalue weighted by Crippen LogP contribution is -2.38. The topological polar surface area (TPSA) is 70.8 Å². The highest BCUT2D eigenvalue weighted by Crippen LogP contribution is 2.16. The van der Waals surface area contributed by atoms with E-state index in [9.17, 15) is 18.8 Å². The van der Waals surface area contributed by atoms with E-state index >= 15 is 0 Å².